The van der Waals surface area contributed by atoms with Crippen molar-refractivity contribution in [3.8, 4) is 0 Å². The Balaban J connectivity index is 2.63. The van der Waals surface area contributed by atoms with Crippen LogP contribution in [0.3, 0.4) is 0 Å². The number of nitrogens with zero attached hydrogens (tertiary/aromatic N) is 3. The number of aromatic nitrogens is 2. The van der Waals surface area contributed by atoms with E-state index in [0.29, 0.717) is 4.57 Å². The number of imidazole rings is 1. The molecule has 1 aliphatic rings. The average molecular weight is 253 g/mol. The molecule has 1 aromatic rings. The molecular formula is C7H9F2N3O3S. The van der Waals surface area contributed by atoms with E-state index in [9.17, 15) is 17.2 Å². The van der Waals surface area contributed by atoms with Gasteiger partial charge in [-0.05, 0) is 0 Å². The molecule has 0 fully saturated rings. The van der Waals surface area contributed by atoms with E-state index < -0.39 is 21.5 Å². The molecule has 0 saturated heterocycles. The monoisotopic (exact) mass is 253 g/mol. The lowest BCUT2D eigenvalue weighted by molar-refractivity contribution is -0.100. The van der Waals surface area contributed by atoms with E-state index >= 15 is 0 Å². The highest BCUT2D eigenvalue weighted by Gasteiger charge is 2.32. The molecule has 1 N–H and O–H groups in total. The molecule has 0 aliphatic carbocycles. The molecule has 90 valence electrons. The lowest BCUT2D eigenvalue weighted by Gasteiger charge is -2.10. The van der Waals surface area contributed by atoms with Crippen LogP contribution in [-0.4, -0.2) is 34.5 Å². The number of halogens is 2. The molecule has 0 amide bonds. The molecule has 0 radical (unpaired) electrons. The third kappa shape index (κ3) is 1.70. The molecule has 1 aliphatic heterocycles. The van der Waals surface area contributed by atoms with Crippen molar-refractivity contribution < 1.29 is 22.4 Å². The Labute approximate surface area is 90.0 Å². The zero-order chi connectivity index (χ0) is 12.1. The van der Waals surface area contributed by atoms with Gasteiger partial charge in [-0.3, -0.25) is 4.57 Å². The fourth-order valence-electron chi connectivity index (χ4n) is 1.65. The molecule has 2 rings (SSSR count). The highest BCUT2D eigenvalue weighted by atomic mass is 32.2. The minimum Gasteiger partial charge on any atom is -0.313 e. The molecule has 16 heavy (non-hydrogen) atoms. The van der Waals surface area contributed by atoms with Gasteiger partial charge in [0.2, 0.25) is 15.0 Å². The van der Waals surface area contributed by atoms with Gasteiger partial charge in [-0.1, -0.05) is 0 Å². The van der Waals surface area contributed by atoms with Crippen LogP contribution in [0.15, 0.2) is 5.16 Å². The number of hydrogen-bond acceptors (Lipinski definition) is 5. The number of sulfone groups is 1. The average Bonchev–Trinajstić information content (AvgIpc) is 2.56. The third-order valence-corrected chi connectivity index (χ3v) is 3.20. The molecular weight excluding hydrogens is 244 g/mol. The highest BCUT2D eigenvalue weighted by molar-refractivity contribution is 7.90. The van der Waals surface area contributed by atoms with Gasteiger partial charge in [-0.15, -0.1) is 0 Å². The van der Waals surface area contributed by atoms with Gasteiger partial charge in [0.1, 0.15) is 0 Å². The first-order valence-electron chi connectivity index (χ1n) is 4.32. The minimum absolute atomic E-state index is 0.0397. The lowest BCUT2D eigenvalue weighted by Crippen LogP contribution is -2.16. The second-order valence-corrected chi connectivity index (χ2v) is 5.44. The van der Waals surface area contributed by atoms with Gasteiger partial charge in [-0.2, -0.15) is 13.8 Å². The molecule has 9 heteroatoms. The van der Waals surface area contributed by atoms with Crippen LogP contribution in [0.4, 0.5) is 8.78 Å². The van der Waals surface area contributed by atoms with Gasteiger partial charge in [0.15, 0.2) is 0 Å². The van der Waals surface area contributed by atoms with Gasteiger partial charge in [0.25, 0.3) is 0 Å². The Morgan fingerprint density at radius 3 is 2.56 bits per heavy atom. The number of rotatable bonds is 2. The van der Waals surface area contributed by atoms with Crippen LogP contribution in [0, 0.1) is 0 Å². The van der Waals surface area contributed by atoms with Crippen molar-refractivity contribution in [2.24, 2.45) is 0 Å². The van der Waals surface area contributed by atoms with Crippen LogP contribution in [0.25, 0.3) is 0 Å². The third-order valence-electron chi connectivity index (χ3n) is 2.25. The topological polar surface area (TPSA) is 75.4 Å². The van der Waals surface area contributed by atoms with Crippen LogP contribution in [-0.2, 0) is 22.9 Å². The Morgan fingerprint density at radius 2 is 2.06 bits per heavy atom. The van der Waals surface area contributed by atoms with Crippen LogP contribution in [0.2, 0.25) is 0 Å². The van der Waals surface area contributed by atoms with Crippen molar-refractivity contribution in [1.82, 2.24) is 14.6 Å². The van der Waals surface area contributed by atoms with Gasteiger partial charge < -0.3 is 5.21 Å². The summed E-state index contributed by atoms with van der Waals surface area (Å²) in [6, 6.07) is 0. The summed E-state index contributed by atoms with van der Waals surface area (Å²) in [7, 11) is -3.80. The van der Waals surface area contributed by atoms with E-state index in [1.807, 2.05) is 0 Å². The maximum absolute atomic E-state index is 12.7. The van der Waals surface area contributed by atoms with Gasteiger partial charge >= 0.3 is 6.55 Å². The number of hydroxylamine groups is 2. The minimum atomic E-state index is -3.80. The second-order valence-electron chi connectivity index (χ2n) is 3.53. The van der Waals surface area contributed by atoms with E-state index in [1.54, 1.807) is 0 Å². The zero-order valence-electron chi connectivity index (χ0n) is 8.26. The largest absolute Gasteiger partial charge is 0.320 e. The van der Waals surface area contributed by atoms with E-state index in [1.165, 1.54) is 0 Å². The summed E-state index contributed by atoms with van der Waals surface area (Å²) in [6.45, 7) is -3.19. The summed E-state index contributed by atoms with van der Waals surface area (Å²) in [5.74, 6) is 0. The van der Waals surface area contributed by atoms with E-state index in [-0.39, 0.29) is 24.5 Å². The molecule has 2 heterocycles. The first kappa shape index (κ1) is 11.4. The first-order valence-corrected chi connectivity index (χ1v) is 6.22. The fraction of sp³-hybridized carbons (Fsp3) is 0.571. The smallest absolute Gasteiger partial charge is 0.313 e. The fourth-order valence-corrected chi connectivity index (χ4v) is 2.47. The van der Waals surface area contributed by atoms with Crippen molar-refractivity contribution >= 4 is 9.84 Å². The van der Waals surface area contributed by atoms with E-state index in [4.69, 9.17) is 5.21 Å². The predicted octanol–water partition coefficient (Wildman–Crippen LogP) is 0.387. The summed E-state index contributed by atoms with van der Waals surface area (Å²) >= 11 is 0. The highest BCUT2D eigenvalue weighted by Crippen LogP contribution is 2.28. The summed E-state index contributed by atoms with van der Waals surface area (Å²) < 4.78 is 48.3. The summed E-state index contributed by atoms with van der Waals surface area (Å²) in [4.78, 5) is 3.63. The van der Waals surface area contributed by atoms with Crippen LogP contribution >= 0.6 is 0 Å². The first-order chi connectivity index (χ1) is 7.30. The summed E-state index contributed by atoms with van der Waals surface area (Å²) in [6.07, 6.45) is 0.820. The number of alkyl halides is 2. The van der Waals surface area contributed by atoms with Crippen LogP contribution in [0.1, 0.15) is 17.9 Å². The maximum Gasteiger partial charge on any atom is 0.320 e. The lowest BCUT2D eigenvalue weighted by atomic mass is 10.4. The quantitative estimate of drug-likeness (QED) is 0.825. The Hall–Kier alpha value is -1.06. The van der Waals surface area contributed by atoms with Crippen molar-refractivity contribution in [2.75, 3.05) is 6.26 Å². The molecule has 0 aromatic carbocycles. The van der Waals surface area contributed by atoms with Crippen molar-refractivity contribution in [1.29, 1.82) is 0 Å². The summed E-state index contributed by atoms with van der Waals surface area (Å²) in [5.41, 5.74) is 0.209. The van der Waals surface area contributed by atoms with Gasteiger partial charge in [0.05, 0.1) is 24.5 Å². The van der Waals surface area contributed by atoms with Crippen LogP contribution < -0.4 is 0 Å². The molecule has 0 saturated carbocycles. The van der Waals surface area contributed by atoms with Gasteiger partial charge in [-0.25, -0.2) is 13.4 Å². The molecule has 0 bridgehead atoms. The van der Waals surface area contributed by atoms with E-state index in [0.717, 1.165) is 11.3 Å². The standard InChI is InChI=1S/C7H9F2N3O3S/c1-16(14,15)7-10-4-2-11(13)3-5(4)12(7)6(8)9/h6,13H,2-3H2,1H3. The van der Waals surface area contributed by atoms with Crippen molar-refractivity contribution in [2.45, 2.75) is 24.8 Å². The SMILES string of the molecule is CS(=O)(=O)c1nc2c(n1C(F)F)CN(O)C2. The molecule has 1 aromatic heterocycles. The number of fused-ring (bicyclic) bond motifs is 1. The van der Waals surface area contributed by atoms with Gasteiger partial charge in [0, 0.05) is 6.26 Å². The predicted molar refractivity (Wildman–Crippen MR) is 47.6 cm³/mol. The Morgan fingerprint density at radius 1 is 1.44 bits per heavy atom. The Kier molecular flexibility index (Phi) is 2.48. The van der Waals surface area contributed by atoms with E-state index in [2.05, 4.69) is 4.98 Å². The molecule has 6 nitrogen and oxygen atoms in total. The molecule has 0 unspecified atom stereocenters. The van der Waals surface area contributed by atoms with Crippen molar-refractivity contribution in [3.05, 3.63) is 11.4 Å². The number of hydrogen-bond donors (Lipinski definition) is 1. The normalized spacial score (nSPS) is 17.1. The zero-order valence-corrected chi connectivity index (χ0v) is 9.08. The van der Waals surface area contributed by atoms with Crippen LogP contribution in [0.5, 0.6) is 0 Å². The van der Waals surface area contributed by atoms with Crippen molar-refractivity contribution in [3.63, 3.8) is 0 Å². The Bertz CT molecular complexity index is 525. The second kappa shape index (κ2) is 3.47. The maximum atomic E-state index is 12.7. The molecule has 0 atom stereocenters. The molecule has 0 spiro atoms. The summed E-state index contributed by atoms with van der Waals surface area (Å²) in [5, 5.41) is 9.27.